The van der Waals surface area contributed by atoms with Gasteiger partial charge in [0, 0.05) is 5.69 Å². The van der Waals surface area contributed by atoms with Gasteiger partial charge in [-0.25, -0.2) is 0 Å². The zero-order valence-corrected chi connectivity index (χ0v) is 18.5. The van der Waals surface area contributed by atoms with E-state index in [1.165, 1.54) is 6.92 Å². The summed E-state index contributed by atoms with van der Waals surface area (Å²) in [7, 11) is 0. The number of aliphatic hydroxyl groups excluding tert-OH is 1. The number of nitrogens with one attached hydrogen (secondary N) is 1. The highest BCUT2D eigenvalue weighted by Gasteiger charge is 2.24. The van der Waals surface area contributed by atoms with Crippen molar-refractivity contribution in [2.45, 2.75) is 26.0 Å². The predicted molar refractivity (Wildman–Crippen MR) is 126 cm³/mol. The number of carbonyl (C=O) groups excluding carboxylic acids is 1. The SMILES string of the molecule is Cc1ccccc1NC(=O)C(N=Nc1ccc(-c2ccc(N)c(Cl)c2)cc1Cl)C(C)O. The number of rotatable bonds is 6. The maximum atomic E-state index is 12.6. The minimum absolute atomic E-state index is 0.345. The Balaban J connectivity index is 1.80. The third-order valence-corrected chi connectivity index (χ3v) is 5.33. The summed E-state index contributed by atoms with van der Waals surface area (Å²) in [5, 5.41) is 21.8. The number of para-hydroxylation sites is 1. The number of carbonyl (C=O) groups is 1. The van der Waals surface area contributed by atoms with E-state index < -0.39 is 18.1 Å². The van der Waals surface area contributed by atoms with Crippen LogP contribution in [0.4, 0.5) is 17.1 Å². The highest BCUT2D eigenvalue weighted by molar-refractivity contribution is 6.34. The van der Waals surface area contributed by atoms with Crippen LogP contribution in [0.2, 0.25) is 10.0 Å². The largest absolute Gasteiger partial charge is 0.398 e. The van der Waals surface area contributed by atoms with Crippen molar-refractivity contribution >= 4 is 46.2 Å². The van der Waals surface area contributed by atoms with Crippen LogP contribution < -0.4 is 11.1 Å². The third-order valence-electron chi connectivity index (χ3n) is 4.70. The molecule has 160 valence electrons. The molecule has 0 aliphatic carbocycles. The van der Waals surface area contributed by atoms with Crippen LogP contribution in [0.5, 0.6) is 0 Å². The van der Waals surface area contributed by atoms with Gasteiger partial charge >= 0.3 is 0 Å². The molecule has 0 aliphatic rings. The Bertz CT molecular complexity index is 1130. The highest BCUT2D eigenvalue weighted by atomic mass is 35.5. The quantitative estimate of drug-likeness (QED) is 0.312. The molecule has 3 aromatic rings. The number of aliphatic hydroxyl groups is 1. The molecule has 3 rings (SSSR count). The van der Waals surface area contributed by atoms with Crippen LogP contribution in [0.1, 0.15) is 12.5 Å². The van der Waals surface area contributed by atoms with Crippen molar-refractivity contribution < 1.29 is 9.90 Å². The monoisotopic (exact) mass is 456 g/mol. The fraction of sp³-hybridized carbons (Fsp3) is 0.174. The molecule has 3 aromatic carbocycles. The highest BCUT2D eigenvalue weighted by Crippen LogP contribution is 2.33. The maximum absolute atomic E-state index is 12.6. The molecule has 0 aliphatic heterocycles. The number of hydrogen-bond donors (Lipinski definition) is 3. The van der Waals surface area contributed by atoms with Crippen LogP contribution >= 0.6 is 23.2 Å². The van der Waals surface area contributed by atoms with Crippen molar-refractivity contribution in [3.63, 3.8) is 0 Å². The Morgan fingerprint density at radius 1 is 1.03 bits per heavy atom. The number of amides is 1. The smallest absolute Gasteiger partial charge is 0.253 e. The molecule has 2 unspecified atom stereocenters. The Kier molecular flexibility index (Phi) is 7.28. The fourth-order valence-corrected chi connectivity index (χ4v) is 3.29. The second-order valence-corrected chi connectivity index (χ2v) is 7.92. The summed E-state index contributed by atoms with van der Waals surface area (Å²) in [6, 6.07) is 16.8. The average molecular weight is 457 g/mol. The van der Waals surface area contributed by atoms with Gasteiger partial charge in [0.2, 0.25) is 0 Å². The van der Waals surface area contributed by atoms with E-state index in [9.17, 15) is 9.90 Å². The molecule has 0 spiro atoms. The standard InChI is InChI=1S/C23H22Cl2N4O2/c1-13-5-3-4-6-20(13)27-23(31)22(14(2)30)29-28-21-10-8-16(12-18(21)25)15-7-9-19(26)17(24)11-15/h3-12,14,22,30H,26H2,1-2H3,(H,27,31). The van der Waals surface area contributed by atoms with E-state index >= 15 is 0 Å². The van der Waals surface area contributed by atoms with Crippen LogP contribution in [-0.2, 0) is 4.79 Å². The van der Waals surface area contributed by atoms with Gasteiger partial charge in [0.15, 0.2) is 6.04 Å². The number of benzene rings is 3. The van der Waals surface area contributed by atoms with E-state index in [1.807, 2.05) is 37.3 Å². The van der Waals surface area contributed by atoms with Crippen molar-refractivity contribution in [1.29, 1.82) is 0 Å². The molecule has 31 heavy (non-hydrogen) atoms. The van der Waals surface area contributed by atoms with Gasteiger partial charge in [0.05, 0.1) is 21.8 Å². The molecule has 0 bridgehead atoms. The van der Waals surface area contributed by atoms with E-state index in [0.29, 0.717) is 27.1 Å². The van der Waals surface area contributed by atoms with E-state index in [0.717, 1.165) is 16.7 Å². The number of hydrogen-bond acceptors (Lipinski definition) is 5. The van der Waals surface area contributed by atoms with E-state index in [2.05, 4.69) is 15.5 Å². The van der Waals surface area contributed by atoms with Crippen molar-refractivity contribution in [3.05, 3.63) is 76.3 Å². The van der Waals surface area contributed by atoms with Crippen LogP contribution in [0, 0.1) is 6.92 Å². The minimum Gasteiger partial charge on any atom is -0.398 e. The number of aryl methyl sites for hydroxylation is 1. The van der Waals surface area contributed by atoms with Gasteiger partial charge in [0.25, 0.3) is 5.91 Å². The molecular formula is C23H22Cl2N4O2. The molecule has 1 amide bonds. The summed E-state index contributed by atoms with van der Waals surface area (Å²) < 4.78 is 0. The molecule has 0 radical (unpaired) electrons. The number of azo groups is 1. The molecule has 4 N–H and O–H groups in total. The van der Waals surface area contributed by atoms with Gasteiger partial charge in [-0.2, -0.15) is 10.2 Å². The lowest BCUT2D eigenvalue weighted by Crippen LogP contribution is -2.35. The van der Waals surface area contributed by atoms with Crippen LogP contribution in [0.3, 0.4) is 0 Å². The summed E-state index contributed by atoms with van der Waals surface area (Å²) in [6.45, 7) is 3.36. The Morgan fingerprint density at radius 3 is 2.29 bits per heavy atom. The fourth-order valence-electron chi connectivity index (χ4n) is 2.89. The third kappa shape index (κ3) is 5.61. The van der Waals surface area contributed by atoms with Crippen LogP contribution in [0.25, 0.3) is 11.1 Å². The van der Waals surface area contributed by atoms with E-state index in [-0.39, 0.29) is 0 Å². The predicted octanol–water partition coefficient (Wildman–Crippen LogP) is 6.02. The average Bonchev–Trinajstić information content (AvgIpc) is 2.72. The molecule has 0 fully saturated rings. The van der Waals surface area contributed by atoms with Gasteiger partial charge in [0.1, 0.15) is 5.69 Å². The lowest BCUT2D eigenvalue weighted by Gasteiger charge is -2.15. The van der Waals surface area contributed by atoms with Gasteiger partial charge in [-0.05, 0) is 60.9 Å². The summed E-state index contributed by atoms with van der Waals surface area (Å²) in [4.78, 5) is 12.6. The lowest BCUT2D eigenvalue weighted by molar-refractivity contribution is -0.119. The number of halogens is 2. The zero-order valence-electron chi connectivity index (χ0n) is 17.0. The first-order valence-corrected chi connectivity index (χ1v) is 10.3. The number of nitrogens with two attached hydrogens (primary N) is 1. The minimum atomic E-state index is -1.09. The molecule has 6 nitrogen and oxygen atoms in total. The van der Waals surface area contributed by atoms with Crippen molar-refractivity contribution in [2.75, 3.05) is 11.1 Å². The molecule has 0 aromatic heterocycles. The first-order valence-electron chi connectivity index (χ1n) is 9.56. The van der Waals surface area contributed by atoms with Gasteiger partial charge in [-0.1, -0.05) is 53.5 Å². The summed E-state index contributed by atoms with van der Waals surface area (Å²) in [6.07, 6.45) is -1.04. The first kappa shape index (κ1) is 22.7. The van der Waals surface area contributed by atoms with Crippen molar-refractivity contribution in [3.8, 4) is 11.1 Å². The van der Waals surface area contributed by atoms with E-state index in [4.69, 9.17) is 28.9 Å². The van der Waals surface area contributed by atoms with Crippen molar-refractivity contribution in [1.82, 2.24) is 0 Å². The number of nitrogens with zero attached hydrogens (tertiary/aromatic N) is 2. The molecule has 8 heteroatoms. The topological polar surface area (TPSA) is 100 Å². The number of anilines is 2. The zero-order chi connectivity index (χ0) is 22.5. The Labute approximate surface area is 190 Å². The van der Waals surface area contributed by atoms with Gasteiger partial charge in [-0.15, -0.1) is 0 Å². The summed E-state index contributed by atoms with van der Waals surface area (Å²) in [5.41, 5.74) is 9.86. The first-order chi connectivity index (χ1) is 14.8. The summed E-state index contributed by atoms with van der Waals surface area (Å²) >= 11 is 12.5. The molecule has 2 atom stereocenters. The maximum Gasteiger partial charge on any atom is 0.253 e. The Morgan fingerprint density at radius 2 is 1.68 bits per heavy atom. The van der Waals surface area contributed by atoms with Gasteiger partial charge < -0.3 is 16.2 Å². The molecule has 0 saturated heterocycles. The molecular weight excluding hydrogens is 435 g/mol. The van der Waals surface area contributed by atoms with Crippen LogP contribution in [-0.4, -0.2) is 23.2 Å². The second-order valence-electron chi connectivity index (χ2n) is 7.11. The molecule has 0 saturated carbocycles. The normalized spacial score (nSPS) is 13.2. The molecule has 0 heterocycles. The van der Waals surface area contributed by atoms with Gasteiger partial charge in [-0.3, -0.25) is 4.79 Å². The van der Waals surface area contributed by atoms with Crippen LogP contribution in [0.15, 0.2) is 70.9 Å². The number of nitrogen functional groups attached to an aromatic ring is 1. The second kappa shape index (κ2) is 9.92. The Hall–Kier alpha value is -2.93. The summed E-state index contributed by atoms with van der Waals surface area (Å²) in [5.74, 6) is -0.461. The lowest BCUT2D eigenvalue weighted by atomic mass is 10.1. The van der Waals surface area contributed by atoms with E-state index in [1.54, 1.807) is 30.3 Å². The van der Waals surface area contributed by atoms with Crippen molar-refractivity contribution in [2.24, 2.45) is 10.2 Å².